The van der Waals surface area contributed by atoms with Crippen molar-refractivity contribution in [3.05, 3.63) is 16.1 Å². The largest absolute Gasteiger partial charge is 0.481 e. The third-order valence-corrected chi connectivity index (χ3v) is 4.73. The van der Waals surface area contributed by atoms with Crippen LogP contribution in [0.2, 0.25) is 0 Å². The number of aliphatic carboxylic acids is 1. The number of aryl methyl sites for hydroxylation is 1. The molecule has 2 atom stereocenters. The van der Waals surface area contributed by atoms with Crippen LogP contribution in [0.25, 0.3) is 0 Å². The summed E-state index contributed by atoms with van der Waals surface area (Å²) in [5.41, 5.74) is 1.05. The van der Waals surface area contributed by atoms with Gasteiger partial charge < -0.3 is 10.4 Å². The van der Waals surface area contributed by atoms with Crippen molar-refractivity contribution >= 4 is 35.0 Å². The van der Waals surface area contributed by atoms with E-state index in [9.17, 15) is 9.59 Å². The van der Waals surface area contributed by atoms with Crippen molar-refractivity contribution in [3.8, 4) is 0 Å². The Balaban J connectivity index is 2.18. The first-order valence-electron chi connectivity index (χ1n) is 6.41. The molecule has 1 aromatic heterocycles. The molecule has 0 saturated heterocycles. The molecule has 7 heteroatoms. The van der Waals surface area contributed by atoms with Crippen LogP contribution in [0.3, 0.4) is 0 Å². The van der Waals surface area contributed by atoms with Crippen LogP contribution in [-0.4, -0.2) is 33.8 Å². The van der Waals surface area contributed by atoms with Crippen LogP contribution in [0.15, 0.2) is 5.38 Å². The molecule has 0 spiro atoms. The van der Waals surface area contributed by atoms with Gasteiger partial charge >= 0.3 is 5.97 Å². The molecule has 2 N–H and O–H groups in total. The summed E-state index contributed by atoms with van der Waals surface area (Å²) in [7, 11) is 0. The van der Waals surface area contributed by atoms with Crippen molar-refractivity contribution in [1.82, 2.24) is 10.3 Å². The number of carbonyl (C=O) groups is 2. The summed E-state index contributed by atoms with van der Waals surface area (Å²) in [5, 5.41) is 14.6. The van der Waals surface area contributed by atoms with Crippen LogP contribution in [0, 0.1) is 12.8 Å². The van der Waals surface area contributed by atoms with Gasteiger partial charge in [0.05, 0.1) is 16.6 Å². The molecule has 0 radical (unpaired) electrons. The average molecular weight is 316 g/mol. The van der Waals surface area contributed by atoms with E-state index in [2.05, 4.69) is 10.3 Å². The van der Waals surface area contributed by atoms with Crippen LogP contribution < -0.4 is 5.32 Å². The fraction of sp³-hybridized carbons (Fsp3) is 0.615. The zero-order valence-corrected chi connectivity index (χ0v) is 13.5. The molecule has 2 unspecified atom stereocenters. The van der Waals surface area contributed by atoms with Crippen LogP contribution in [0.1, 0.15) is 31.0 Å². The van der Waals surface area contributed by atoms with Crippen molar-refractivity contribution in [2.75, 3.05) is 5.75 Å². The fourth-order valence-electron chi connectivity index (χ4n) is 1.48. The number of carboxylic acids is 1. The van der Waals surface area contributed by atoms with Gasteiger partial charge in [-0.25, -0.2) is 4.98 Å². The number of carboxylic acid groups (broad SMARTS) is 1. The zero-order chi connectivity index (χ0) is 15.1. The fourth-order valence-corrected chi connectivity index (χ4v) is 3.03. The molecule has 1 aromatic rings. The quantitative estimate of drug-likeness (QED) is 0.719. The highest BCUT2D eigenvalue weighted by molar-refractivity contribution is 7.98. The SMILES string of the molecule is Cc1nc(CSCCC(=O)NC(C)C(C)C(=O)O)cs1. The lowest BCUT2D eigenvalue weighted by Crippen LogP contribution is -2.40. The highest BCUT2D eigenvalue weighted by atomic mass is 32.2. The third kappa shape index (κ3) is 5.92. The van der Waals surface area contributed by atoms with E-state index in [0.717, 1.165) is 16.5 Å². The number of thiazole rings is 1. The second-order valence-corrected chi connectivity index (χ2v) is 6.81. The van der Waals surface area contributed by atoms with E-state index in [1.807, 2.05) is 12.3 Å². The lowest BCUT2D eigenvalue weighted by Gasteiger charge is -2.17. The summed E-state index contributed by atoms with van der Waals surface area (Å²) in [6, 6.07) is -0.355. The summed E-state index contributed by atoms with van der Waals surface area (Å²) < 4.78 is 0. The molecule has 0 aliphatic heterocycles. The van der Waals surface area contributed by atoms with Gasteiger partial charge in [0.25, 0.3) is 0 Å². The van der Waals surface area contributed by atoms with Crippen molar-refractivity contribution in [3.63, 3.8) is 0 Å². The normalized spacial score (nSPS) is 13.8. The number of hydrogen-bond donors (Lipinski definition) is 2. The monoisotopic (exact) mass is 316 g/mol. The Morgan fingerprint density at radius 2 is 2.20 bits per heavy atom. The molecule has 5 nitrogen and oxygen atoms in total. The van der Waals surface area contributed by atoms with Crippen LogP contribution in [0.4, 0.5) is 0 Å². The molecular weight excluding hydrogens is 296 g/mol. The van der Waals surface area contributed by atoms with Gasteiger partial charge in [0.15, 0.2) is 0 Å². The lowest BCUT2D eigenvalue weighted by molar-refractivity contribution is -0.142. The minimum Gasteiger partial charge on any atom is -0.481 e. The van der Waals surface area contributed by atoms with Crippen molar-refractivity contribution in [1.29, 1.82) is 0 Å². The summed E-state index contributed by atoms with van der Waals surface area (Å²) in [6.45, 7) is 5.27. The van der Waals surface area contributed by atoms with Gasteiger partial charge in [-0.2, -0.15) is 11.8 Å². The number of carbonyl (C=O) groups excluding carboxylic acids is 1. The lowest BCUT2D eigenvalue weighted by atomic mass is 10.0. The van der Waals surface area contributed by atoms with E-state index in [-0.39, 0.29) is 11.9 Å². The highest BCUT2D eigenvalue weighted by Crippen LogP contribution is 2.15. The molecule has 0 bridgehead atoms. The van der Waals surface area contributed by atoms with Gasteiger partial charge in [-0.05, 0) is 20.8 Å². The number of thioether (sulfide) groups is 1. The molecule has 0 aliphatic rings. The zero-order valence-electron chi connectivity index (χ0n) is 11.9. The van der Waals surface area contributed by atoms with Crippen molar-refractivity contribution in [2.45, 2.75) is 39.0 Å². The van der Waals surface area contributed by atoms with E-state index >= 15 is 0 Å². The Bertz CT molecular complexity index is 462. The van der Waals surface area contributed by atoms with E-state index in [1.54, 1.807) is 36.9 Å². The standard InChI is InChI=1S/C13H20N2O3S2/c1-8(13(17)18)9(2)14-12(16)4-5-19-6-11-7-20-10(3)15-11/h7-9H,4-6H2,1-3H3,(H,14,16)(H,17,18). The van der Waals surface area contributed by atoms with Crippen LogP contribution >= 0.6 is 23.1 Å². The minimum absolute atomic E-state index is 0.104. The molecule has 0 fully saturated rings. The Labute approximate surface area is 127 Å². The van der Waals surface area contributed by atoms with Gasteiger partial charge in [0.1, 0.15) is 0 Å². The summed E-state index contributed by atoms with van der Waals surface area (Å²) >= 11 is 3.28. The molecule has 1 heterocycles. The van der Waals surface area contributed by atoms with E-state index in [4.69, 9.17) is 5.11 Å². The Morgan fingerprint density at radius 1 is 1.50 bits per heavy atom. The summed E-state index contributed by atoms with van der Waals surface area (Å²) in [5.74, 6) is -0.0711. The number of rotatable bonds is 8. The predicted octanol–water partition coefficient (Wildman–Crippen LogP) is 2.30. The Hall–Kier alpha value is -1.08. The molecule has 1 amide bonds. The third-order valence-electron chi connectivity index (χ3n) is 2.92. The van der Waals surface area contributed by atoms with E-state index < -0.39 is 11.9 Å². The summed E-state index contributed by atoms with van der Waals surface area (Å²) in [4.78, 5) is 26.8. The maximum atomic E-state index is 11.7. The molecule has 1 rings (SSSR count). The maximum absolute atomic E-state index is 11.7. The topological polar surface area (TPSA) is 79.3 Å². The number of nitrogens with one attached hydrogen (secondary N) is 1. The smallest absolute Gasteiger partial charge is 0.308 e. The number of hydrogen-bond acceptors (Lipinski definition) is 5. The first-order chi connectivity index (χ1) is 9.40. The molecule has 20 heavy (non-hydrogen) atoms. The Kier molecular flexibility index (Phi) is 7.01. The number of amides is 1. The second-order valence-electron chi connectivity index (χ2n) is 4.64. The first-order valence-corrected chi connectivity index (χ1v) is 8.44. The summed E-state index contributed by atoms with van der Waals surface area (Å²) in [6.07, 6.45) is 0.393. The van der Waals surface area contributed by atoms with Gasteiger partial charge in [-0.1, -0.05) is 0 Å². The van der Waals surface area contributed by atoms with Crippen molar-refractivity contribution < 1.29 is 14.7 Å². The van der Waals surface area contributed by atoms with E-state index in [1.165, 1.54) is 0 Å². The van der Waals surface area contributed by atoms with Crippen LogP contribution in [-0.2, 0) is 15.3 Å². The van der Waals surface area contributed by atoms with Crippen LogP contribution in [0.5, 0.6) is 0 Å². The Morgan fingerprint density at radius 3 is 2.75 bits per heavy atom. The molecular formula is C13H20N2O3S2. The second kappa shape index (κ2) is 8.26. The first kappa shape index (κ1) is 17.0. The van der Waals surface area contributed by atoms with Gasteiger partial charge in [0.2, 0.25) is 5.91 Å². The number of nitrogens with zero attached hydrogens (tertiary/aromatic N) is 1. The van der Waals surface area contributed by atoms with Gasteiger partial charge in [-0.15, -0.1) is 11.3 Å². The highest BCUT2D eigenvalue weighted by Gasteiger charge is 2.20. The molecule has 0 aliphatic carbocycles. The number of aromatic nitrogens is 1. The van der Waals surface area contributed by atoms with Gasteiger partial charge in [0, 0.05) is 29.3 Å². The predicted molar refractivity (Wildman–Crippen MR) is 82.0 cm³/mol. The van der Waals surface area contributed by atoms with E-state index in [0.29, 0.717) is 12.2 Å². The average Bonchev–Trinajstić information content (AvgIpc) is 2.79. The minimum atomic E-state index is -0.897. The van der Waals surface area contributed by atoms with Gasteiger partial charge in [-0.3, -0.25) is 9.59 Å². The molecule has 0 aromatic carbocycles. The molecule has 0 saturated carbocycles. The maximum Gasteiger partial charge on any atom is 0.308 e. The molecule has 112 valence electrons. The van der Waals surface area contributed by atoms with Crippen molar-refractivity contribution in [2.24, 2.45) is 5.92 Å².